The van der Waals surface area contributed by atoms with Gasteiger partial charge in [-0.15, -0.1) is 0 Å². The van der Waals surface area contributed by atoms with E-state index in [9.17, 15) is 0 Å². The molecule has 0 radical (unpaired) electrons. The van der Waals surface area contributed by atoms with Crippen molar-refractivity contribution in [1.29, 1.82) is 0 Å². The predicted octanol–water partition coefficient (Wildman–Crippen LogP) is 16.1. The summed E-state index contributed by atoms with van der Waals surface area (Å²) >= 11 is 0. The monoisotopic (exact) mass is 995 g/mol. The van der Waals surface area contributed by atoms with Gasteiger partial charge in [-0.1, -0.05) is 168 Å². The first-order valence-electron chi connectivity index (χ1n) is 30.0. The zero-order valence-electron chi connectivity index (χ0n) is 46.2. The van der Waals surface area contributed by atoms with Crippen molar-refractivity contribution >= 4 is 0 Å². The van der Waals surface area contributed by atoms with Crippen LogP contribution in [0.4, 0.5) is 0 Å². The largest absolute Gasteiger partial charge is 0.478 e. The molecule has 4 aromatic carbocycles. The smallest absolute Gasteiger partial charge is 0.142 e. The fourth-order valence-corrected chi connectivity index (χ4v) is 12.7. The molecule has 0 amide bonds. The summed E-state index contributed by atoms with van der Waals surface area (Å²) in [6.07, 6.45) is 31.2. The van der Waals surface area contributed by atoms with Crippen LogP contribution in [-0.2, 0) is 31.6 Å². The maximum atomic E-state index is 6.89. The molecule has 0 unspecified atom stereocenters. The number of unbranched alkanes of at least 4 members (excludes halogenated alkanes) is 20. The van der Waals surface area contributed by atoms with Gasteiger partial charge in [0.25, 0.3) is 0 Å². The molecule has 8 heteroatoms. The summed E-state index contributed by atoms with van der Waals surface area (Å²) in [6.45, 7) is 19.6. The van der Waals surface area contributed by atoms with Gasteiger partial charge in [-0.25, -0.2) is 0 Å². The van der Waals surface area contributed by atoms with Crippen LogP contribution in [0.2, 0.25) is 0 Å². The third-order valence-electron chi connectivity index (χ3n) is 17.0. The quantitative estimate of drug-likeness (QED) is 0.0422. The maximum absolute atomic E-state index is 6.89. The zero-order valence-corrected chi connectivity index (χ0v) is 46.2. The second-order valence-corrected chi connectivity index (χ2v) is 22.8. The maximum Gasteiger partial charge on any atom is 0.142 e. The van der Waals surface area contributed by atoms with Crippen LogP contribution in [0.3, 0.4) is 0 Å². The number of rotatable bonds is 30. The van der Waals surface area contributed by atoms with Crippen molar-refractivity contribution in [3.8, 4) is 34.1 Å². The molecule has 73 heavy (non-hydrogen) atoms. The molecule has 1 aliphatic carbocycles. The van der Waals surface area contributed by atoms with Gasteiger partial charge in [0.15, 0.2) is 0 Å². The summed E-state index contributed by atoms with van der Waals surface area (Å²) in [6, 6.07) is 24.3. The second kappa shape index (κ2) is 27.1. The average molecular weight is 995 g/mol. The molecule has 9 rings (SSSR count). The summed E-state index contributed by atoms with van der Waals surface area (Å²) in [5, 5.41) is 0. The van der Waals surface area contributed by atoms with Crippen molar-refractivity contribution in [2.24, 2.45) is 0 Å². The normalized spacial score (nSPS) is 17.1. The highest BCUT2D eigenvalue weighted by Crippen LogP contribution is 2.60. The molecule has 4 aliphatic heterocycles. The third-order valence-corrected chi connectivity index (χ3v) is 17.0. The van der Waals surface area contributed by atoms with E-state index in [0.717, 1.165) is 75.4 Å². The Labute approximate surface area is 442 Å². The highest BCUT2D eigenvalue weighted by atomic mass is 16.5. The molecule has 398 valence electrons. The fourth-order valence-electron chi connectivity index (χ4n) is 12.7. The second-order valence-electron chi connectivity index (χ2n) is 22.8. The summed E-state index contributed by atoms with van der Waals surface area (Å²) in [7, 11) is 0. The average Bonchev–Trinajstić information content (AvgIpc) is 3.69. The van der Waals surface area contributed by atoms with Crippen molar-refractivity contribution in [2.45, 2.75) is 213 Å². The van der Waals surface area contributed by atoms with Crippen molar-refractivity contribution < 1.29 is 18.9 Å². The van der Waals surface area contributed by atoms with Crippen LogP contribution in [0, 0.1) is 0 Å². The molecule has 0 atom stereocenters. The number of fused-ring (bicyclic) bond motifs is 7. The van der Waals surface area contributed by atoms with Gasteiger partial charge in [0, 0.05) is 74.6 Å². The van der Waals surface area contributed by atoms with Gasteiger partial charge in [0.2, 0.25) is 0 Å². The van der Waals surface area contributed by atoms with E-state index in [1.54, 1.807) is 0 Å². The molecule has 0 bridgehead atoms. The highest BCUT2D eigenvalue weighted by Gasteiger charge is 2.49. The van der Waals surface area contributed by atoms with Gasteiger partial charge in [-0.05, 0) is 108 Å². The Morgan fingerprint density at radius 1 is 0.329 bits per heavy atom. The molecule has 4 heterocycles. The summed E-state index contributed by atoms with van der Waals surface area (Å²) in [5.41, 5.74) is 12.3. The molecule has 5 aliphatic rings. The van der Waals surface area contributed by atoms with Gasteiger partial charge in [0.1, 0.15) is 49.9 Å². The first-order valence-corrected chi connectivity index (χ1v) is 30.0. The predicted molar refractivity (Wildman–Crippen MR) is 301 cm³/mol. The first kappa shape index (κ1) is 53.7. The van der Waals surface area contributed by atoms with Crippen LogP contribution in [0.5, 0.6) is 23.0 Å². The Bertz CT molecular complexity index is 2200. The van der Waals surface area contributed by atoms with Crippen LogP contribution in [-0.4, -0.2) is 72.7 Å². The van der Waals surface area contributed by atoms with Crippen LogP contribution < -0.4 is 18.9 Å². The van der Waals surface area contributed by atoms with Gasteiger partial charge in [0.05, 0.1) is 5.41 Å². The number of hydrogen-bond acceptors (Lipinski definition) is 8. The van der Waals surface area contributed by atoms with Crippen molar-refractivity contribution in [3.05, 3.63) is 105 Å². The van der Waals surface area contributed by atoms with Crippen molar-refractivity contribution in [1.82, 2.24) is 19.6 Å². The van der Waals surface area contributed by atoms with Crippen LogP contribution in [0.25, 0.3) is 11.1 Å². The molecule has 0 saturated carbocycles. The Kier molecular flexibility index (Phi) is 20.0. The number of hydrogen-bond donors (Lipinski definition) is 0. The van der Waals surface area contributed by atoms with E-state index >= 15 is 0 Å². The molecule has 0 N–H and O–H groups in total. The van der Waals surface area contributed by atoms with Gasteiger partial charge >= 0.3 is 0 Å². The van der Waals surface area contributed by atoms with Crippen LogP contribution >= 0.6 is 0 Å². The highest BCUT2D eigenvalue weighted by molar-refractivity contribution is 5.89. The minimum Gasteiger partial charge on any atom is -0.478 e. The first-order chi connectivity index (χ1) is 36.0. The summed E-state index contributed by atoms with van der Waals surface area (Å²) in [5.74, 6) is 4.08. The molecule has 0 spiro atoms. The van der Waals surface area contributed by atoms with Crippen LogP contribution in [0.15, 0.2) is 60.7 Å². The minimum atomic E-state index is -0.639. The van der Waals surface area contributed by atoms with E-state index in [1.807, 2.05) is 0 Å². The third kappa shape index (κ3) is 13.1. The molecule has 0 aromatic heterocycles. The van der Waals surface area contributed by atoms with E-state index in [2.05, 4.69) is 108 Å². The molecular formula is C65H94N4O4. The number of ether oxygens (including phenoxy) is 4. The van der Waals surface area contributed by atoms with E-state index in [0.29, 0.717) is 26.9 Å². The number of nitrogens with zero attached hydrogens (tertiary/aromatic N) is 4. The summed E-state index contributed by atoms with van der Waals surface area (Å²) in [4.78, 5) is 10.1. The van der Waals surface area contributed by atoms with E-state index in [4.69, 9.17) is 18.9 Å². The topological polar surface area (TPSA) is 49.9 Å². The Morgan fingerprint density at radius 2 is 0.616 bits per heavy atom. The molecule has 8 nitrogen and oxygen atoms in total. The van der Waals surface area contributed by atoms with Crippen molar-refractivity contribution in [2.75, 3.05) is 53.1 Å². The SMILES string of the molecule is CCCCCCCCN1COc2ccc(C3(c4ccc5c(c4)CN(CCCCCCCC)CO5)c4cc5c(cc4-c4cc6c(cc43)OCN(CCCCCCCC)C6)CN(CCCCCCCC)CO5)cc2C1. The standard InChI is InChI=1S/C65H94N4O4/c1-5-9-13-17-21-25-33-66-43-51-37-55(29-31-61(51)70-47-66)65(56-30-32-62-52(38-56)44-67(48-71-62)34-26-22-18-14-10-6-2)59-41-63-53(45-68(49-72-63)35-27-23-19-15-11-7-3)39-57(59)58-40-54-46-69(36-28-24-20-16-12-8-4)50-73-64(54)42-60(58)65/h29-32,37-42H,5-28,33-36,43-50H2,1-4H3. The molecule has 0 fully saturated rings. The fraction of sp³-hybridized carbons (Fsp3) is 0.631. The minimum absolute atomic E-state index is 0.631. The molecule has 0 saturated heterocycles. The lowest BCUT2D eigenvalue weighted by atomic mass is 9.66. The zero-order chi connectivity index (χ0) is 50.2. The lowest BCUT2D eigenvalue weighted by Crippen LogP contribution is -2.35. The molecular weight excluding hydrogens is 901 g/mol. The van der Waals surface area contributed by atoms with Gasteiger partial charge in [-0.3, -0.25) is 19.6 Å². The van der Waals surface area contributed by atoms with Crippen LogP contribution in [0.1, 0.15) is 226 Å². The Morgan fingerprint density at radius 3 is 0.945 bits per heavy atom. The van der Waals surface area contributed by atoms with E-state index in [1.165, 1.54) is 210 Å². The van der Waals surface area contributed by atoms with Gasteiger partial charge in [-0.2, -0.15) is 0 Å². The van der Waals surface area contributed by atoms with Crippen molar-refractivity contribution in [3.63, 3.8) is 0 Å². The van der Waals surface area contributed by atoms with E-state index in [-0.39, 0.29) is 0 Å². The lowest BCUT2D eigenvalue weighted by Gasteiger charge is -2.38. The van der Waals surface area contributed by atoms with Gasteiger partial charge < -0.3 is 18.9 Å². The lowest BCUT2D eigenvalue weighted by molar-refractivity contribution is 0.0930. The Balaban J connectivity index is 1.10. The summed E-state index contributed by atoms with van der Waals surface area (Å²) < 4.78 is 27.0. The Hall–Kier alpha value is -4.08. The van der Waals surface area contributed by atoms with E-state index < -0.39 is 5.41 Å². The molecule has 4 aromatic rings. The number of benzene rings is 4.